The van der Waals surface area contributed by atoms with Gasteiger partial charge >= 0.3 is 0 Å². The van der Waals surface area contributed by atoms with Crippen LogP contribution in [0.2, 0.25) is 0 Å². The summed E-state index contributed by atoms with van der Waals surface area (Å²) in [6.07, 6.45) is 20.0. The van der Waals surface area contributed by atoms with Crippen LogP contribution < -0.4 is 0 Å². The first-order chi connectivity index (χ1) is 60.4. The summed E-state index contributed by atoms with van der Waals surface area (Å²) in [4.78, 5) is 26.4. The van der Waals surface area contributed by atoms with Gasteiger partial charge < -0.3 is 48.9 Å². The lowest BCUT2D eigenvalue weighted by molar-refractivity contribution is -0.00389. The molecule has 7 unspecified atom stereocenters. The van der Waals surface area contributed by atoms with E-state index in [-0.39, 0.29) is 35.4 Å². The fourth-order valence-corrected chi connectivity index (χ4v) is 21.5. The molecule has 2 aromatic rings. The highest BCUT2D eigenvalue weighted by Gasteiger charge is 2.48. The summed E-state index contributed by atoms with van der Waals surface area (Å²) in [6, 6.07) is 21.0. The molecule has 0 bridgehead atoms. The zero-order chi connectivity index (χ0) is 102. The minimum atomic E-state index is -2.48. The number of fused-ring (bicyclic) bond motifs is 1. The molecule has 13 rings (SSSR count). The van der Waals surface area contributed by atoms with Gasteiger partial charge in [0.05, 0.1) is 26.4 Å². The molecule has 11 aliphatic heterocycles. The fraction of sp³-hybridized carbons (Fsp3) is 0.897. The molecule has 0 spiro atoms. The zero-order valence-electron chi connectivity index (χ0n) is 97.3. The van der Waals surface area contributed by atoms with Gasteiger partial charge in [0.15, 0.2) is 0 Å². The SMILES string of the molecule is CC(C)(C)C1CCN(C2CCOCC2)CC1.CC(C)(C)N1CCCC1.CC(C)(C)N1CCCC1CO.CC(C)(C)N1CCOCC1.CC(C)(C)c1ccccc1.CC1CC(C(C)(C)C)N(C)C1.CC1CC(C(C)(C)C)N(C)C1.CN(C)C(C)(C)C.CN1CC(F)(F)CC1C(C)(C)C.CN1CCC(C(C)(C)C)CC1.CN1CCCC1C(C)(C)C.CN1CCc2c(cccc2C(C)(C)C)C1. The van der Waals surface area contributed by atoms with Crippen LogP contribution in [-0.2, 0) is 33.3 Å². The van der Waals surface area contributed by atoms with Gasteiger partial charge in [-0.1, -0.05) is 229 Å². The lowest BCUT2D eigenvalue weighted by atomic mass is 9.75. The number of benzene rings is 2. The van der Waals surface area contributed by atoms with Crippen molar-refractivity contribution in [2.45, 2.75) is 448 Å². The highest BCUT2D eigenvalue weighted by molar-refractivity contribution is 5.40. The third-order valence-electron chi connectivity index (χ3n) is 30.7. The van der Waals surface area contributed by atoms with Crippen LogP contribution in [0.15, 0.2) is 48.5 Å². The fourth-order valence-electron chi connectivity index (χ4n) is 21.5. The third-order valence-corrected chi connectivity index (χ3v) is 30.7. The molecule has 784 valence electrons. The first-order valence-electron chi connectivity index (χ1n) is 53.6. The molecule has 2 aromatic carbocycles. The Hall–Kier alpha value is -2.26. The van der Waals surface area contributed by atoms with E-state index in [1.165, 1.54) is 172 Å². The number of aliphatic hydroxyl groups is 1. The van der Waals surface area contributed by atoms with Crippen LogP contribution >= 0.6 is 0 Å². The van der Waals surface area contributed by atoms with Gasteiger partial charge in [0.25, 0.3) is 5.92 Å². The first-order valence-corrected chi connectivity index (χ1v) is 53.6. The zero-order valence-corrected chi connectivity index (χ0v) is 97.3. The van der Waals surface area contributed by atoms with E-state index in [4.69, 9.17) is 14.6 Å². The second-order valence-corrected chi connectivity index (χ2v) is 55.5. The Morgan fingerprint density at radius 3 is 1.11 bits per heavy atom. The van der Waals surface area contributed by atoms with Crippen molar-refractivity contribution in [1.82, 2.24) is 53.9 Å². The topological polar surface area (TPSA) is 74.3 Å². The number of morpholine rings is 1. The number of piperidine rings is 2. The maximum absolute atomic E-state index is 12.9. The van der Waals surface area contributed by atoms with Crippen LogP contribution in [0.3, 0.4) is 0 Å². The van der Waals surface area contributed by atoms with E-state index < -0.39 is 5.92 Å². The Bertz CT molecular complexity index is 3310. The number of hydrogen-bond donors (Lipinski definition) is 1. The Morgan fingerprint density at radius 2 is 0.820 bits per heavy atom. The second kappa shape index (κ2) is 55.6. The number of hydrogen-bond acceptors (Lipinski definition) is 14. The van der Waals surface area contributed by atoms with Crippen LogP contribution in [0, 0.1) is 56.2 Å². The molecule has 14 nitrogen and oxygen atoms in total. The van der Waals surface area contributed by atoms with E-state index in [2.05, 4.69) is 389 Å². The van der Waals surface area contributed by atoms with Crippen molar-refractivity contribution in [3.63, 3.8) is 0 Å². The molecule has 10 fully saturated rings. The van der Waals surface area contributed by atoms with E-state index in [1.807, 2.05) is 20.8 Å². The Morgan fingerprint density at radius 1 is 0.398 bits per heavy atom. The molecule has 10 saturated heterocycles. The maximum atomic E-state index is 12.9. The van der Waals surface area contributed by atoms with Crippen molar-refractivity contribution in [1.29, 1.82) is 0 Å². The molecule has 7 atom stereocenters. The van der Waals surface area contributed by atoms with Crippen LogP contribution in [0.1, 0.15) is 382 Å². The number of ether oxygens (including phenoxy) is 2. The Kier molecular flexibility index (Phi) is 53.0. The number of halogens is 2. The number of likely N-dealkylation sites (tertiary alicyclic amines) is 8. The largest absolute Gasteiger partial charge is 0.395 e. The molecule has 133 heavy (non-hydrogen) atoms. The summed E-state index contributed by atoms with van der Waals surface area (Å²) >= 11 is 0. The van der Waals surface area contributed by atoms with Gasteiger partial charge in [-0.25, -0.2) is 8.78 Å². The van der Waals surface area contributed by atoms with Crippen LogP contribution in [-0.4, -0.2) is 304 Å². The van der Waals surface area contributed by atoms with E-state index in [9.17, 15) is 8.78 Å². The number of aliphatic hydroxyl groups excluding tert-OH is 1. The molecule has 1 N–H and O–H groups in total. The standard InChI is InChI=1S/C14H27NO.C14H21N.3C10H21N.C10H14.C9H17F2N.C9H19NO.C9H19N.C8H17NO.C8H17N.C6H15N/c1-14(2,3)12-4-8-15(9-5-12)13-6-10-16-11-7-13;1-14(2,3)13-7-5-6-11-10-15(4)9-8-12(11)13;2*1-8-6-9(10(2,3)4)11(5)7-8;1-10(2,3)9-5-7-11(4)8-6-9;1-10(2,3)9-7-5-4-6-8-9;1-8(2,3)7-5-9(10,11)6-12(7)4;1-9(2,3)10-6-4-5-8(10)7-11;1-9(2,3)8-6-5-7-10(8)4;1-8(2,3)9-4-6-10-7-5-9;1-8(2,3)9-6-4-5-7-9;1-6(2,3)7(4)5/h12-13H,4-11H2,1-3H3;5-7H,8-10H2,1-4H3;2*8-9H,6-7H2,1-5H3;9H,5-8H2,1-4H3;4-8H,1-3H3;7H,5-6H2,1-4H3;8,11H,4-7H2,1-3H3;8H,5-7H2,1-4H3;4-7H2,1-3H3;4-7H2,1-3H3;1-5H3. The molecule has 16 heteroatoms. The van der Waals surface area contributed by atoms with Gasteiger partial charge in [-0.3, -0.25) is 19.6 Å². The van der Waals surface area contributed by atoms with Gasteiger partial charge in [-0.05, 0) is 377 Å². The molecule has 11 aliphatic rings. The predicted molar refractivity (Wildman–Crippen MR) is 580 cm³/mol. The smallest absolute Gasteiger partial charge is 0.262 e. The normalized spacial score (nSPS) is 25.1. The number of rotatable bonds is 2. The number of nitrogens with zero attached hydrogens (tertiary/aromatic N) is 11. The summed E-state index contributed by atoms with van der Waals surface area (Å²) in [5.41, 5.74) is 10.3. The highest BCUT2D eigenvalue weighted by atomic mass is 19.3. The molecular weight excluding hydrogens is 1650 g/mol. The summed E-state index contributed by atoms with van der Waals surface area (Å²) in [5, 5.41) is 9.06. The van der Waals surface area contributed by atoms with E-state index in [0.29, 0.717) is 61.8 Å². The molecule has 0 aliphatic carbocycles. The number of alkyl halides is 2. The first kappa shape index (κ1) is 127. The van der Waals surface area contributed by atoms with Gasteiger partial charge in [-0.15, -0.1) is 0 Å². The van der Waals surface area contributed by atoms with Gasteiger partial charge in [0, 0.05) is 117 Å². The minimum absolute atomic E-state index is 0.00694. The van der Waals surface area contributed by atoms with E-state index >= 15 is 0 Å². The van der Waals surface area contributed by atoms with Gasteiger partial charge in [0.1, 0.15) is 0 Å². The quantitative estimate of drug-likeness (QED) is 0.310. The summed E-state index contributed by atoms with van der Waals surface area (Å²) in [5.74, 6) is 1.17. The van der Waals surface area contributed by atoms with Crippen LogP contribution in [0.5, 0.6) is 0 Å². The van der Waals surface area contributed by atoms with Crippen molar-refractivity contribution < 1.29 is 23.4 Å². The van der Waals surface area contributed by atoms with E-state index in [1.54, 1.807) is 17.5 Å². The average Bonchev–Trinajstić information content (AvgIpc) is 1.75. The van der Waals surface area contributed by atoms with Crippen molar-refractivity contribution in [3.8, 4) is 0 Å². The van der Waals surface area contributed by atoms with Crippen LogP contribution in [0.25, 0.3) is 0 Å². The van der Waals surface area contributed by atoms with Crippen molar-refractivity contribution in [2.75, 3.05) is 181 Å². The Labute approximate surface area is 828 Å². The molecule has 0 radical (unpaired) electrons. The lowest BCUT2D eigenvalue weighted by Crippen LogP contribution is -2.47. The second-order valence-electron chi connectivity index (χ2n) is 55.5. The minimum Gasteiger partial charge on any atom is -0.395 e. The third kappa shape index (κ3) is 49.1. The molecule has 0 amide bonds. The summed E-state index contributed by atoms with van der Waals surface area (Å²) in [7, 11) is 17.1. The van der Waals surface area contributed by atoms with Crippen molar-refractivity contribution in [2.24, 2.45) is 56.2 Å². The lowest BCUT2D eigenvalue weighted by Gasteiger charge is -2.42. The molecule has 0 aromatic heterocycles. The van der Waals surface area contributed by atoms with E-state index in [0.717, 1.165) is 107 Å². The molecule has 11 heterocycles. The number of likely N-dealkylation sites (N-methyl/N-ethyl adjacent to an activating group) is 1. The monoisotopic (exact) mass is 1870 g/mol. The predicted octanol–water partition coefficient (Wildman–Crippen LogP) is 26.1. The van der Waals surface area contributed by atoms with Gasteiger partial charge in [0.2, 0.25) is 0 Å². The van der Waals surface area contributed by atoms with Crippen LogP contribution in [0.4, 0.5) is 8.78 Å². The summed E-state index contributed by atoms with van der Waals surface area (Å²) in [6.45, 7) is 108. The molecular formula is C117H229F2N11O3. The summed E-state index contributed by atoms with van der Waals surface area (Å²) < 4.78 is 36.6. The highest BCUT2D eigenvalue weighted by Crippen LogP contribution is 2.42. The average molecular weight is 1880 g/mol. The Balaban J connectivity index is 0.000000493. The maximum Gasteiger partial charge on any atom is 0.262 e. The van der Waals surface area contributed by atoms with Crippen molar-refractivity contribution >= 4 is 0 Å². The van der Waals surface area contributed by atoms with Gasteiger partial charge in [-0.2, -0.15) is 0 Å². The van der Waals surface area contributed by atoms with Crippen molar-refractivity contribution in [3.05, 3.63) is 70.8 Å². The molecule has 0 saturated carbocycles.